The van der Waals surface area contributed by atoms with Crippen LogP contribution in [0, 0.1) is 6.92 Å². The third-order valence-electron chi connectivity index (χ3n) is 6.33. The largest absolute Gasteiger partial charge is 0.378 e. The van der Waals surface area contributed by atoms with Crippen molar-refractivity contribution < 1.29 is 0 Å². The van der Waals surface area contributed by atoms with Gasteiger partial charge < -0.3 is 15.7 Å². The minimum Gasteiger partial charge on any atom is -0.378 e. The molecule has 0 fully saturated rings. The molecule has 7 heteroatoms. The summed E-state index contributed by atoms with van der Waals surface area (Å²) in [5.74, 6) is 0. The molecule has 2 aromatic heterocycles. The first-order valence-electron chi connectivity index (χ1n) is 10.9. The molecule has 6 rings (SSSR count). The smallest absolute Gasteiger partial charge is 0.177 e. The van der Waals surface area contributed by atoms with E-state index in [0.717, 1.165) is 46.6 Å². The molecule has 1 unspecified atom stereocenters. The summed E-state index contributed by atoms with van der Waals surface area (Å²) in [6, 6.07) is 17.6. The Morgan fingerprint density at radius 2 is 1.88 bits per heavy atom. The van der Waals surface area contributed by atoms with Crippen LogP contribution in [0.2, 0.25) is 0 Å². The van der Waals surface area contributed by atoms with Crippen LogP contribution in [-0.4, -0.2) is 26.5 Å². The van der Waals surface area contributed by atoms with Gasteiger partial charge in [-0.05, 0) is 55.7 Å². The molecule has 2 aliphatic heterocycles. The third-order valence-corrected chi connectivity index (χ3v) is 6.33. The maximum absolute atomic E-state index is 4.51. The highest BCUT2D eigenvalue weighted by Gasteiger charge is 2.30. The van der Waals surface area contributed by atoms with Crippen LogP contribution in [0.5, 0.6) is 0 Å². The van der Waals surface area contributed by atoms with E-state index in [1.54, 1.807) is 6.33 Å². The van der Waals surface area contributed by atoms with Crippen LogP contribution in [-0.2, 0) is 0 Å². The summed E-state index contributed by atoms with van der Waals surface area (Å²) in [4.78, 5) is 11.9. The fourth-order valence-electron chi connectivity index (χ4n) is 4.63. The zero-order valence-electron chi connectivity index (χ0n) is 18.1. The van der Waals surface area contributed by atoms with Gasteiger partial charge in [0.1, 0.15) is 0 Å². The number of pyridine rings is 1. The Kier molecular flexibility index (Phi) is 4.36. The first kappa shape index (κ1) is 18.9. The Morgan fingerprint density at radius 3 is 2.75 bits per heavy atom. The molecular weight excluding hydrogens is 398 g/mol. The van der Waals surface area contributed by atoms with Crippen LogP contribution in [0.3, 0.4) is 0 Å². The lowest BCUT2D eigenvalue weighted by molar-refractivity contribution is 0.281. The predicted octanol–water partition coefficient (Wildman–Crippen LogP) is 4.50. The quantitative estimate of drug-likeness (QED) is 0.388. The molecule has 2 aromatic carbocycles. The van der Waals surface area contributed by atoms with E-state index in [1.165, 1.54) is 22.4 Å². The van der Waals surface area contributed by atoms with Gasteiger partial charge in [0, 0.05) is 29.6 Å². The SMILES string of the molecule is CC1=C2c3ccc(-c4cnc5nc[nH]c5c4)cc3C(Nc3ccc(C)cc3)CCN2NN1. The highest BCUT2D eigenvalue weighted by Crippen LogP contribution is 2.39. The van der Waals surface area contributed by atoms with E-state index < -0.39 is 0 Å². The summed E-state index contributed by atoms with van der Waals surface area (Å²) in [5.41, 5.74) is 17.8. The summed E-state index contributed by atoms with van der Waals surface area (Å²) < 4.78 is 0. The lowest BCUT2D eigenvalue weighted by Gasteiger charge is -2.21. The Morgan fingerprint density at radius 1 is 1.00 bits per heavy atom. The molecule has 7 nitrogen and oxygen atoms in total. The number of aryl methyl sites for hydroxylation is 1. The lowest BCUT2D eigenvalue weighted by Crippen LogP contribution is -2.37. The maximum atomic E-state index is 4.51. The van der Waals surface area contributed by atoms with Crippen molar-refractivity contribution in [3.63, 3.8) is 0 Å². The Labute approximate surface area is 186 Å². The van der Waals surface area contributed by atoms with E-state index in [4.69, 9.17) is 0 Å². The van der Waals surface area contributed by atoms with E-state index >= 15 is 0 Å². The van der Waals surface area contributed by atoms with E-state index in [2.05, 4.69) is 98.6 Å². The molecular formula is C25H25N7. The minimum absolute atomic E-state index is 0.184. The number of hydrazine groups is 2. The van der Waals surface area contributed by atoms with Crippen molar-refractivity contribution in [2.75, 3.05) is 11.9 Å². The normalized spacial score (nSPS) is 17.7. The van der Waals surface area contributed by atoms with Crippen LogP contribution in [0.25, 0.3) is 28.0 Å². The lowest BCUT2D eigenvalue weighted by atomic mass is 9.93. The van der Waals surface area contributed by atoms with Crippen molar-refractivity contribution in [3.05, 3.63) is 83.4 Å². The maximum Gasteiger partial charge on any atom is 0.177 e. The average Bonchev–Trinajstić information content (AvgIpc) is 3.39. The number of nitrogens with zero attached hydrogens (tertiary/aromatic N) is 3. The fourth-order valence-corrected chi connectivity index (χ4v) is 4.63. The Bertz CT molecular complexity index is 1340. The van der Waals surface area contributed by atoms with Gasteiger partial charge in [0.15, 0.2) is 5.65 Å². The Balaban J connectivity index is 1.46. The van der Waals surface area contributed by atoms with E-state index in [-0.39, 0.29) is 6.04 Å². The van der Waals surface area contributed by atoms with Crippen LogP contribution >= 0.6 is 0 Å². The summed E-state index contributed by atoms with van der Waals surface area (Å²) in [5, 5.41) is 5.99. The molecule has 0 radical (unpaired) electrons. The first-order chi connectivity index (χ1) is 15.7. The number of H-pyrrole nitrogens is 1. The van der Waals surface area contributed by atoms with Gasteiger partial charge in [-0.3, -0.25) is 5.01 Å². The number of hydrogen-bond donors (Lipinski definition) is 4. The van der Waals surface area contributed by atoms with Crippen molar-refractivity contribution >= 4 is 22.5 Å². The van der Waals surface area contributed by atoms with Crippen molar-refractivity contribution in [3.8, 4) is 11.1 Å². The van der Waals surface area contributed by atoms with Crippen LogP contribution in [0.15, 0.2) is 66.8 Å². The Hall–Kier alpha value is -3.84. The second kappa shape index (κ2) is 7.39. The number of rotatable bonds is 3. The molecule has 0 amide bonds. The molecule has 4 N–H and O–H groups in total. The number of aromatic amines is 1. The third kappa shape index (κ3) is 3.18. The van der Waals surface area contributed by atoms with Gasteiger partial charge in [-0.25, -0.2) is 9.97 Å². The number of nitrogens with one attached hydrogen (secondary N) is 4. The van der Waals surface area contributed by atoms with E-state index in [0.29, 0.717) is 0 Å². The molecule has 0 saturated heterocycles. The highest BCUT2D eigenvalue weighted by atomic mass is 15.7. The van der Waals surface area contributed by atoms with Gasteiger partial charge in [-0.1, -0.05) is 29.8 Å². The first-order valence-corrected chi connectivity index (χ1v) is 10.9. The van der Waals surface area contributed by atoms with Crippen molar-refractivity contribution in [2.24, 2.45) is 0 Å². The van der Waals surface area contributed by atoms with Crippen molar-refractivity contribution in [1.29, 1.82) is 0 Å². The van der Waals surface area contributed by atoms with Gasteiger partial charge in [-0.15, -0.1) is 5.53 Å². The predicted molar refractivity (Wildman–Crippen MR) is 127 cm³/mol. The van der Waals surface area contributed by atoms with Gasteiger partial charge in [0.25, 0.3) is 0 Å². The van der Waals surface area contributed by atoms with Gasteiger partial charge >= 0.3 is 0 Å². The summed E-state index contributed by atoms with van der Waals surface area (Å²) >= 11 is 0. The van der Waals surface area contributed by atoms with Crippen molar-refractivity contribution in [2.45, 2.75) is 26.3 Å². The standard InChI is InChI=1S/C25H25N7/c1-15-3-6-19(7-4-15)29-22-9-10-32-24(16(2)30-31-32)20-8-5-17(11-21(20)22)18-12-23-25(26-13-18)28-14-27-23/h3-8,11-14,22,29-31H,9-10H2,1-2H3,(H,26,27,28). The zero-order chi connectivity index (χ0) is 21.7. The van der Waals surface area contributed by atoms with Crippen LogP contribution in [0.1, 0.15) is 36.1 Å². The topological polar surface area (TPSA) is 80.9 Å². The number of aromatic nitrogens is 3. The molecule has 1 atom stereocenters. The number of hydrogen-bond acceptors (Lipinski definition) is 6. The molecule has 32 heavy (non-hydrogen) atoms. The van der Waals surface area contributed by atoms with Crippen LogP contribution < -0.4 is 16.3 Å². The van der Waals surface area contributed by atoms with Crippen LogP contribution in [0.4, 0.5) is 5.69 Å². The van der Waals surface area contributed by atoms with E-state index in [9.17, 15) is 0 Å². The van der Waals surface area contributed by atoms with E-state index in [1.807, 2.05) is 6.20 Å². The summed E-state index contributed by atoms with van der Waals surface area (Å²) in [6.45, 7) is 5.13. The van der Waals surface area contributed by atoms with Gasteiger partial charge in [0.05, 0.1) is 29.3 Å². The average molecular weight is 424 g/mol. The molecule has 0 bridgehead atoms. The molecule has 0 spiro atoms. The zero-order valence-corrected chi connectivity index (χ0v) is 18.1. The van der Waals surface area contributed by atoms with Crippen molar-refractivity contribution in [1.82, 2.24) is 30.9 Å². The summed E-state index contributed by atoms with van der Waals surface area (Å²) in [7, 11) is 0. The summed E-state index contributed by atoms with van der Waals surface area (Å²) in [6.07, 6.45) is 4.55. The number of allylic oxidation sites excluding steroid dienone is 1. The second-order valence-electron chi connectivity index (χ2n) is 8.51. The fraction of sp³-hybridized carbons (Fsp3) is 0.200. The monoisotopic (exact) mass is 423 g/mol. The molecule has 0 saturated carbocycles. The molecule has 160 valence electrons. The minimum atomic E-state index is 0.184. The molecule has 4 heterocycles. The number of fused-ring (bicyclic) bond motifs is 4. The molecule has 2 aliphatic rings. The molecule has 4 aromatic rings. The number of imidazole rings is 1. The second-order valence-corrected chi connectivity index (χ2v) is 8.51. The highest BCUT2D eigenvalue weighted by molar-refractivity contribution is 5.80. The molecule has 0 aliphatic carbocycles. The number of benzene rings is 2. The number of anilines is 1. The van der Waals surface area contributed by atoms with Gasteiger partial charge in [0.2, 0.25) is 0 Å². The van der Waals surface area contributed by atoms with Gasteiger partial charge in [-0.2, -0.15) is 0 Å².